The van der Waals surface area contributed by atoms with Crippen molar-refractivity contribution in [2.75, 3.05) is 13.1 Å². The third-order valence-electron chi connectivity index (χ3n) is 8.26. The van der Waals surface area contributed by atoms with Crippen molar-refractivity contribution in [2.45, 2.75) is 123 Å². The topological polar surface area (TPSA) is 86.3 Å². The molecule has 5 atom stereocenters. The second-order valence-electron chi connectivity index (χ2n) is 12.0. The third-order valence-corrected chi connectivity index (χ3v) is 8.26. The minimum Gasteiger partial charge on any atom is -0.442 e. The van der Waals surface area contributed by atoms with E-state index in [4.69, 9.17) is 18.8 Å². The summed E-state index contributed by atoms with van der Waals surface area (Å²) in [7, 11) is -0.346. The van der Waals surface area contributed by atoms with Crippen LogP contribution in [0.4, 0.5) is 4.79 Å². The van der Waals surface area contributed by atoms with E-state index in [9.17, 15) is 9.59 Å². The van der Waals surface area contributed by atoms with Gasteiger partial charge in [0.15, 0.2) is 0 Å². The summed E-state index contributed by atoms with van der Waals surface area (Å²) in [5, 5.41) is 3.06. The highest BCUT2D eigenvalue weighted by molar-refractivity contribution is 6.54. The van der Waals surface area contributed by atoms with E-state index in [0.717, 1.165) is 50.7 Å². The number of nitrogens with one attached hydrogen (secondary N) is 1. The summed E-state index contributed by atoms with van der Waals surface area (Å²) in [5.74, 6) is 0.0701. The lowest BCUT2D eigenvalue weighted by Crippen LogP contribution is -2.50. The number of nitrogens with zero attached hydrogens (tertiary/aromatic N) is 1. The summed E-state index contributed by atoms with van der Waals surface area (Å²) in [4.78, 5) is 26.5. The molecule has 3 aliphatic rings. The number of hydrogen-bond acceptors (Lipinski definition) is 6. The van der Waals surface area contributed by atoms with Gasteiger partial charge in [-0.15, -0.1) is 0 Å². The first-order valence-electron chi connectivity index (χ1n) is 13.9. The molecule has 3 rings (SSSR count). The van der Waals surface area contributed by atoms with E-state index in [-0.39, 0.29) is 54.5 Å². The van der Waals surface area contributed by atoms with Crippen LogP contribution in [0.5, 0.6) is 0 Å². The fraction of sp³-hybridized carbons (Fsp3) is 0.786. The Hall–Kier alpha value is -1.84. The standard InChI is InChI=1S/C28H47BN2O6/c1-19-18-23(30-25(32)15-13-21(3)34-26(33)31-16-10-9-11-17-31)22(4)35-24(19)14-12-20(2)29-36-27(5,6)28(7,8)37-29/h12-13,15,19,21-24H,9-11,14,16-18H2,1-8H3,(H,30,32)/b15-13-,20-12+/t19-,21+,22-,23-,24+/m1/s1. The minimum atomic E-state index is -0.470. The maximum atomic E-state index is 12.6. The largest absolute Gasteiger partial charge is 0.489 e. The Morgan fingerprint density at radius 3 is 2.35 bits per heavy atom. The number of ether oxygens (including phenoxy) is 2. The third kappa shape index (κ3) is 7.84. The predicted molar refractivity (Wildman–Crippen MR) is 145 cm³/mol. The van der Waals surface area contributed by atoms with Gasteiger partial charge >= 0.3 is 13.2 Å². The number of carbonyl (C=O) groups excluding carboxylic acids is 2. The molecule has 0 spiro atoms. The number of rotatable bonds is 7. The smallest absolute Gasteiger partial charge is 0.442 e. The fourth-order valence-electron chi connectivity index (χ4n) is 4.94. The van der Waals surface area contributed by atoms with Gasteiger partial charge in [0, 0.05) is 19.2 Å². The second kappa shape index (κ2) is 12.3. The summed E-state index contributed by atoms with van der Waals surface area (Å²) in [6, 6.07) is -0.0808. The van der Waals surface area contributed by atoms with E-state index in [2.05, 4.69) is 46.0 Å². The summed E-state index contributed by atoms with van der Waals surface area (Å²) in [6.45, 7) is 17.7. The molecular formula is C28H47BN2O6. The van der Waals surface area contributed by atoms with Gasteiger partial charge in [-0.05, 0) is 98.0 Å². The highest BCUT2D eigenvalue weighted by atomic mass is 16.7. The Kier molecular flexibility index (Phi) is 9.92. The first-order valence-corrected chi connectivity index (χ1v) is 13.9. The quantitative estimate of drug-likeness (QED) is 0.384. The van der Waals surface area contributed by atoms with E-state index >= 15 is 0 Å². The van der Waals surface area contributed by atoms with Gasteiger partial charge in [-0.1, -0.05) is 13.0 Å². The highest BCUT2D eigenvalue weighted by Gasteiger charge is 2.51. The average molecular weight is 519 g/mol. The fourth-order valence-corrected chi connectivity index (χ4v) is 4.94. The van der Waals surface area contributed by atoms with Gasteiger partial charge in [-0.3, -0.25) is 4.79 Å². The van der Waals surface area contributed by atoms with Gasteiger partial charge in [0.1, 0.15) is 6.10 Å². The second-order valence-corrected chi connectivity index (χ2v) is 12.0. The highest BCUT2D eigenvalue weighted by Crippen LogP contribution is 2.38. The number of hydrogen-bond donors (Lipinski definition) is 1. The number of amides is 2. The van der Waals surface area contributed by atoms with Crippen LogP contribution in [0, 0.1) is 5.92 Å². The monoisotopic (exact) mass is 518 g/mol. The maximum Gasteiger partial charge on any atom is 0.489 e. The van der Waals surface area contributed by atoms with Crippen molar-refractivity contribution in [3.05, 3.63) is 23.7 Å². The normalized spacial score (nSPS) is 30.9. The molecule has 3 aliphatic heterocycles. The van der Waals surface area contributed by atoms with Crippen molar-refractivity contribution in [1.82, 2.24) is 10.2 Å². The van der Waals surface area contributed by atoms with Crippen LogP contribution >= 0.6 is 0 Å². The van der Waals surface area contributed by atoms with Crippen LogP contribution in [-0.2, 0) is 23.6 Å². The first-order chi connectivity index (χ1) is 17.3. The molecule has 3 heterocycles. The molecular weight excluding hydrogens is 471 g/mol. The molecule has 0 saturated carbocycles. The number of allylic oxidation sites excluding steroid dienone is 1. The van der Waals surface area contributed by atoms with Crippen LogP contribution in [0.1, 0.15) is 87.5 Å². The molecule has 0 aliphatic carbocycles. The number of piperidine rings is 1. The Bertz CT molecular complexity index is 851. The molecule has 208 valence electrons. The molecule has 3 fully saturated rings. The lowest BCUT2D eigenvalue weighted by Gasteiger charge is -2.39. The van der Waals surface area contributed by atoms with Gasteiger partial charge in [-0.25, -0.2) is 4.79 Å². The van der Waals surface area contributed by atoms with Crippen LogP contribution < -0.4 is 5.32 Å². The van der Waals surface area contributed by atoms with Crippen LogP contribution in [-0.4, -0.2) is 72.7 Å². The number of carbonyl (C=O) groups is 2. The lowest BCUT2D eigenvalue weighted by atomic mass is 9.78. The lowest BCUT2D eigenvalue weighted by molar-refractivity contribution is -0.123. The SMILES string of the molecule is C/C(=C\C[C@@H]1O[C@H](C)[C@H](NC(=O)/C=C\[C@H](C)OC(=O)N2CCCCC2)C[C@H]1C)B1OC(C)(C)C(C)(C)O1. The van der Waals surface area contributed by atoms with E-state index in [1.807, 2.05) is 13.8 Å². The van der Waals surface area contributed by atoms with Crippen LogP contribution in [0.3, 0.4) is 0 Å². The van der Waals surface area contributed by atoms with Gasteiger partial charge in [0.25, 0.3) is 0 Å². The zero-order valence-corrected chi connectivity index (χ0v) is 24.0. The molecule has 9 heteroatoms. The van der Waals surface area contributed by atoms with Gasteiger partial charge in [-0.2, -0.15) is 0 Å². The van der Waals surface area contributed by atoms with E-state index < -0.39 is 6.10 Å². The van der Waals surface area contributed by atoms with E-state index in [1.165, 1.54) is 6.08 Å². The number of likely N-dealkylation sites (tertiary alicyclic amines) is 1. The Morgan fingerprint density at radius 2 is 1.73 bits per heavy atom. The molecule has 3 saturated heterocycles. The van der Waals surface area contributed by atoms with Gasteiger partial charge < -0.3 is 29.0 Å². The molecule has 0 radical (unpaired) electrons. The molecule has 8 nitrogen and oxygen atoms in total. The summed E-state index contributed by atoms with van der Waals surface area (Å²) >= 11 is 0. The van der Waals surface area contributed by atoms with Crippen molar-refractivity contribution < 1.29 is 28.4 Å². The van der Waals surface area contributed by atoms with Crippen LogP contribution in [0.25, 0.3) is 0 Å². The minimum absolute atomic E-state index is 0.0605. The zero-order chi connectivity index (χ0) is 27.4. The predicted octanol–water partition coefficient (Wildman–Crippen LogP) is 4.82. The molecule has 0 aromatic carbocycles. The summed E-state index contributed by atoms with van der Waals surface area (Å²) < 4.78 is 24.1. The van der Waals surface area contributed by atoms with Crippen LogP contribution in [0.2, 0.25) is 0 Å². The summed E-state index contributed by atoms with van der Waals surface area (Å²) in [6.07, 6.45) is 9.17. The van der Waals surface area contributed by atoms with Crippen molar-refractivity contribution in [3.63, 3.8) is 0 Å². The molecule has 2 amide bonds. The molecule has 1 N–H and O–H groups in total. The molecule has 0 aromatic rings. The maximum absolute atomic E-state index is 12.6. The van der Waals surface area contributed by atoms with Crippen LogP contribution in [0.15, 0.2) is 23.7 Å². The molecule has 0 unspecified atom stereocenters. The van der Waals surface area contributed by atoms with E-state index in [1.54, 1.807) is 17.9 Å². The molecule has 37 heavy (non-hydrogen) atoms. The zero-order valence-electron chi connectivity index (χ0n) is 24.0. The van der Waals surface area contributed by atoms with E-state index in [0.29, 0.717) is 0 Å². The molecule has 0 bridgehead atoms. The van der Waals surface area contributed by atoms with Gasteiger partial charge in [0.05, 0.1) is 29.5 Å². The summed E-state index contributed by atoms with van der Waals surface area (Å²) in [5.41, 5.74) is 0.336. The van der Waals surface area contributed by atoms with Gasteiger partial charge in [0.2, 0.25) is 5.91 Å². The molecule has 0 aromatic heterocycles. The average Bonchev–Trinajstić information content (AvgIpc) is 3.06. The van der Waals surface area contributed by atoms with Crippen molar-refractivity contribution in [3.8, 4) is 0 Å². The van der Waals surface area contributed by atoms with Crippen molar-refractivity contribution >= 4 is 19.1 Å². The Balaban J connectivity index is 1.44. The Labute approximate surface area is 223 Å². The van der Waals surface area contributed by atoms with Crippen molar-refractivity contribution in [1.29, 1.82) is 0 Å². The first kappa shape index (κ1) is 29.7. The van der Waals surface area contributed by atoms with Crippen molar-refractivity contribution in [2.24, 2.45) is 5.92 Å². The Morgan fingerprint density at radius 1 is 1.11 bits per heavy atom.